The molecule has 0 saturated heterocycles. The predicted octanol–water partition coefficient (Wildman–Crippen LogP) is 0.964. The van der Waals surface area contributed by atoms with Gasteiger partial charge in [0.05, 0.1) is 6.20 Å². The van der Waals surface area contributed by atoms with Crippen molar-refractivity contribution in [2.24, 2.45) is 0 Å². The molecule has 2 N–H and O–H groups in total. The number of anilines is 1. The standard InChI is InChI=1S/C15H14N4O4/c20-14(3-4-18-15(21)11-8-16-5-6-17-11)19-10-1-2-12-13(7-10)23-9-22-12/h1-2,5-8H,3-4,9H2,(H,18,21)(H,19,20). The molecule has 0 radical (unpaired) electrons. The third-order valence-corrected chi connectivity index (χ3v) is 3.09. The van der Waals surface area contributed by atoms with Crippen LogP contribution in [-0.2, 0) is 4.79 Å². The zero-order chi connectivity index (χ0) is 16.1. The van der Waals surface area contributed by atoms with E-state index in [0.717, 1.165) is 0 Å². The number of rotatable bonds is 5. The molecule has 0 fully saturated rings. The van der Waals surface area contributed by atoms with Gasteiger partial charge in [0.25, 0.3) is 5.91 Å². The molecular formula is C15H14N4O4. The Morgan fingerprint density at radius 2 is 2.04 bits per heavy atom. The Hall–Kier alpha value is -3.16. The first-order valence-electron chi connectivity index (χ1n) is 6.96. The second kappa shape index (κ2) is 6.73. The van der Waals surface area contributed by atoms with Crippen LogP contribution in [0.3, 0.4) is 0 Å². The van der Waals surface area contributed by atoms with Crippen molar-refractivity contribution in [3.63, 3.8) is 0 Å². The fourth-order valence-electron chi connectivity index (χ4n) is 1.99. The molecule has 2 aromatic rings. The smallest absolute Gasteiger partial charge is 0.271 e. The summed E-state index contributed by atoms with van der Waals surface area (Å²) in [4.78, 5) is 31.3. The van der Waals surface area contributed by atoms with Gasteiger partial charge in [0, 0.05) is 37.1 Å². The summed E-state index contributed by atoms with van der Waals surface area (Å²) in [5.41, 5.74) is 0.822. The van der Waals surface area contributed by atoms with Crippen molar-refractivity contribution in [3.8, 4) is 11.5 Å². The topological polar surface area (TPSA) is 102 Å². The molecule has 0 aliphatic carbocycles. The van der Waals surface area contributed by atoms with Crippen LogP contribution in [0.4, 0.5) is 5.69 Å². The summed E-state index contributed by atoms with van der Waals surface area (Å²) < 4.78 is 10.4. The zero-order valence-corrected chi connectivity index (χ0v) is 12.1. The summed E-state index contributed by atoms with van der Waals surface area (Å²) in [7, 11) is 0. The monoisotopic (exact) mass is 314 g/mol. The van der Waals surface area contributed by atoms with Crippen molar-refractivity contribution in [2.45, 2.75) is 6.42 Å². The van der Waals surface area contributed by atoms with Gasteiger partial charge in [0.2, 0.25) is 12.7 Å². The average Bonchev–Trinajstić information content (AvgIpc) is 3.03. The van der Waals surface area contributed by atoms with Crippen LogP contribution in [0, 0.1) is 0 Å². The number of fused-ring (bicyclic) bond motifs is 1. The van der Waals surface area contributed by atoms with Crippen LogP contribution in [0.1, 0.15) is 16.9 Å². The third kappa shape index (κ3) is 3.73. The molecular weight excluding hydrogens is 300 g/mol. The number of amides is 2. The van der Waals surface area contributed by atoms with Gasteiger partial charge in [0.1, 0.15) is 5.69 Å². The van der Waals surface area contributed by atoms with E-state index in [1.54, 1.807) is 18.2 Å². The number of carbonyl (C=O) groups is 2. The number of ether oxygens (including phenoxy) is 2. The van der Waals surface area contributed by atoms with Crippen molar-refractivity contribution in [1.29, 1.82) is 0 Å². The van der Waals surface area contributed by atoms with E-state index in [1.165, 1.54) is 18.6 Å². The third-order valence-electron chi connectivity index (χ3n) is 3.09. The van der Waals surface area contributed by atoms with Gasteiger partial charge in [0.15, 0.2) is 11.5 Å². The van der Waals surface area contributed by atoms with Crippen LogP contribution in [0.2, 0.25) is 0 Å². The Bertz CT molecular complexity index is 721. The van der Waals surface area contributed by atoms with E-state index in [0.29, 0.717) is 17.2 Å². The zero-order valence-electron chi connectivity index (χ0n) is 12.1. The van der Waals surface area contributed by atoms with Crippen LogP contribution in [-0.4, -0.2) is 35.1 Å². The van der Waals surface area contributed by atoms with E-state index < -0.39 is 0 Å². The first-order chi connectivity index (χ1) is 11.2. The molecule has 1 aliphatic heterocycles. The lowest BCUT2D eigenvalue weighted by Crippen LogP contribution is -2.28. The van der Waals surface area contributed by atoms with Crippen LogP contribution in [0.25, 0.3) is 0 Å². The SMILES string of the molecule is O=C(CCNC(=O)c1cnccn1)Nc1ccc2c(c1)OCO2. The van der Waals surface area contributed by atoms with Gasteiger partial charge in [-0.1, -0.05) is 0 Å². The molecule has 1 aromatic heterocycles. The summed E-state index contributed by atoms with van der Waals surface area (Å²) >= 11 is 0. The Morgan fingerprint density at radius 1 is 1.17 bits per heavy atom. The number of nitrogens with one attached hydrogen (secondary N) is 2. The minimum atomic E-state index is -0.367. The van der Waals surface area contributed by atoms with E-state index in [-0.39, 0.29) is 37.3 Å². The van der Waals surface area contributed by atoms with E-state index in [9.17, 15) is 9.59 Å². The van der Waals surface area contributed by atoms with Crippen molar-refractivity contribution in [3.05, 3.63) is 42.5 Å². The molecule has 8 nitrogen and oxygen atoms in total. The molecule has 0 atom stereocenters. The maximum Gasteiger partial charge on any atom is 0.271 e. The van der Waals surface area contributed by atoms with Gasteiger partial charge in [-0.25, -0.2) is 4.98 Å². The van der Waals surface area contributed by atoms with Crippen LogP contribution in [0.15, 0.2) is 36.8 Å². The Labute approximate surface area is 131 Å². The normalized spacial score (nSPS) is 11.8. The first-order valence-corrected chi connectivity index (χ1v) is 6.96. The number of hydrogen-bond donors (Lipinski definition) is 2. The molecule has 0 unspecified atom stereocenters. The molecule has 2 heterocycles. The molecule has 0 bridgehead atoms. The lowest BCUT2D eigenvalue weighted by molar-refractivity contribution is -0.116. The Morgan fingerprint density at radius 3 is 2.87 bits per heavy atom. The maximum atomic E-state index is 11.9. The predicted molar refractivity (Wildman–Crippen MR) is 80.2 cm³/mol. The molecule has 118 valence electrons. The average molecular weight is 314 g/mol. The molecule has 23 heavy (non-hydrogen) atoms. The molecule has 2 amide bonds. The second-order valence-corrected chi connectivity index (χ2v) is 4.71. The summed E-state index contributed by atoms with van der Waals surface area (Å²) in [5.74, 6) is 0.662. The van der Waals surface area contributed by atoms with Crippen molar-refractivity contribution < 1.29 is 19.1 Å². The molecule has 0 spiro atoms. The van der Waals surface area contributed by atoms with Gasteiger partial charge in [-0.05, 0) is 12.1 Å². The van der Waals surface area contributed by atoms with E-state index >= 15 is 0 Å². The Balaban J connectivity index is 1.46. The lowest BCUT2D eigenvalue weighted by Gasteiger charge is -2.07. The number of aromatic nitrogens is 2. The number of nitrogens with zero attached hydrogens (tertiary/aromatic N) is 2. The lowest BCUT2D eigenvalue weighted by atomic mass is 10.2. The summed E-state index contributed by atoms with van der Waals surface area (Å²) in [5, 5.41) is 5.34. The highest BCUT2D eigenvalue weighted by molar-refractivity contribution is 5.93. The van der Waals surface area contributed by atoms with Gasteiger partial charge >= 0.3 is 0 Å². The van der Waals surface area contributed by atoms with Gasteiger partial charge in [-0.2, -0.15) is 0 Å². The second-order valence-electron chi connectivity index (χ2n) is 4.71. The largest absolute Gasteiger partial charge is 0.454 e. The number of carbonyl (C=O) groups excluding carboxylic acids is 2. The van der Waals surface area contributed by atoms with Gasteiger partial charge in [-0.15, -0.1) is 0 Å². The minimum absolute atomic E-state index is 0.139. The number of hydrogen-bond acceptors (Lipinski definition) is 6. The minimum Gasteiger partial charge on any atom is -0.454 e. The highest BCUT2D eigenvalue weighted by Crippen LogP contribution is 2.34. The molecule has 0 saturated carbocycles. The van der Waals surface area contributed by atoms with Crippen LogP contribution in [0.5, 0.6) is 11.5 Å². The summed E-state index contributed by atoms with van der Waals surface area (Å²) in [6.45, 7) is 0.382. The molecule has 8 heteroatoms. The first kappa shape index (κ1) is 14.8. The van der Waals surface area contributed by atoms with Crippen LogP contribution >= 0.6 is 0 Å². The highest BCUT2D eigenvalue weighted by atomic mass is 16.7. The number of benzene rings is 1. The molecule has 3 rings (SSSR count). The quantitative estimate of drug-likeness (QED) is 0.852. The van der Waals surface area contributed by atoms with Crippen molar-refractivity contribution in [2.75, 3.05) is 18.7 Å². The molecule has 1 aliphatic rings. The highest BCUT2D eigenvalue weighted by Gasteiger charge is 2.14. The van der Waals surface area contributed by atoms with E-state index in [1.807, 2.05) is 0 Å². The van der Waals surface area contributed by atoms with E-state index in [2.05, 4.69) is 20.6 Å². The van der Waals surface area contributed by atoms with Crippen molar-refractivity contribution in [1.82, 2.24) is 15.3 Å². The maximum absolute atomic E-state index is 11.9. The van der Waals surface area contributed by atoms with Crippen LogP contribution < -0.4 is 20.1 Å². The van der Waals surface area contributed by atoms with E-state index in [4.69, 9.17) is 9.47 Å². The van der Waals surface area contributed by atoms with Crippen molar-refractivity contribution >= 4 is 17.5 Å². The summed E-state index contributed by atoms with van der Waals surface area (Å²) in [6, 6.07) is 5.15. The fourth-order valence-corrected chi connectivity index (χ4v) is 1.99. The van der Waals surface area contributed by atoms with Gasteiger partial charge < -0.3 is 20.1 Å². The Kier molecular flexibility index (Phi) is 4.32. The summed E-state index contributed by atoms with van der Waals surface area (Å²) in [6.07, 6.45) is 4.42. The van der Waals surface area contributed by atoms with Gasteiger partial charge in [-0.3, -0.25) is 14.6 Å². The fraction of sp³-hybridized carbons (Fsp3) is 0.200. The molecule has 1 aromatic carbocycles.